The summed E-state index contributed by atoms with van der Waals surface area (Å²) in [6.45, 7) is 6.84. The second-order valence-corrected chi connectivity index (χ2v) is 5.98. The highest BCUT2D eigenvalue weighted by molar-refractivity contribution is 7.11. The molecule has 1 fully saturated rings. The Balaban J connectivity index is 1.66. The van der Waals surface area contributed by atoms with Gasteiger partial charge in [0, 0.05) is 37.6 Å². The van der Waals surface area contributed by atoms with E-state index in [2.05, 4.69) is 19.9 Å². The van der Waals surface area contributed by atoms with Crippen LogP contribution in [0.15, 0.2) is 17.8 Å². The summed E-state index contributed by atoms with van der Waals surface area (Å²) in [6.07, 6.45) is 1.63. The SMILES string of the molecule is Cc1cc(C)nc(N2CCN(C(=O)c3cncs3)CC2)n1. The molecule has 0 atom stereocenters. The standard InChI is InChI=1S/C14H17N5OS/c1-10-7-11(2)17-14(16-10)19-5-3-18(4-6-19)13(20)12-8-15-9-21-12/h7-9H,3-6H2,1-2H3. The van der Waals surface area contributed by atoms with Gasteiger partial charge in [-0.05, 0) is 19.9 Å². The van der Waals surface area contributed by atoms with Crippen molar-refractivity contribution in [2.24, 2.45) is 0 Å². The van der Waals surface area contributed by atoms with E-state index in [0.717, 1.165) is 30.4 Å². The highest BCUT2D eigenvalue weighted by Crippen LogP contribution is 2.15. The van der Waals surface area contributed by atoms with Crippen LogP contribution in [0.3, 0.4) is 0 Å². The Morgan fingerprint density at radius 3 is 2.38 bits per heavy atom. The Labute approximate surface area is 127 Å². The number of anilines is 1. The zero-order valence-corrected chi connectivity index (χ0v) is 12.9. The average Bonchev–Trinajstić information content (AvgIpc) is 3.00. The highest BCUT2D eigenvalue weighted by atomic mass is 32.1. The summed E-state index contributed by atoms with van der Waals surface area (Å²) in [6, 6.07) is 1.97. The molecule has 2 aromatic rings. The van der Waals surface area contributed by atoms with E-state index in [1.54, 1.807) is 11.7 Å². The minimum absolute atomic E-state index is 0.0680. The van der Waals surface area contributed by atoms with Gasteiger partial charge in [-0.2, -0.15) is 0 Å². The molecule has 3 rings (SSSR count). The van der Waals surface area contributed by atoms with E-state index in [0.29, 0.717) is 18.0 Å². The summed E-state index contributed by atoms with van der Waals surface area (Å²) < 4.78 is 0. The Bertz CT molecular complexity index is 615. The van der Waals surface area contributed by atoms with E-state index >= 15 is 0 Å². The fourth-order valence-corrected chi connectivity index (χ4v) is 3.02. The van der Waals surface area contributed by atoms with E-state index in [4.69, 9.17) is 0 Å². The lowest BCUT2D eigenvalue weighted by molar-refractivity contribution is 0.0751. The van der Waals surface area contributed by atoms with E-state index in [1.807, 2.05) is 24.8 Å². The third-order valence-corrected chi connectivity index (χ3v) is 4.22. The average molecular weight is 303 g/mol. The topological polar surface area (TPSA) is 62.2 Å². The van der Waals surface area contributed by atoms with Crippen LogP contribution in [0.5, 0.6) is 0 Å². The number of thiazole rings is 1. The molecule has 0 aliphatic carbocycles. The smallest absolute Gasteiger partial charge is 0.265 e. The maximum absolute atomic E-state index is 12.3. The van der Waals surface area contributed by atoms with E-state index in [1.165, 1.54) is 11.3 Å². The third-order valence-electron chi connectivity index (χ3n) is 3.46. The number of nitrogens with zero attached hydrogens (tertiary/aromatic N) is 5. The fraction of sp³-hybridized carbons (Fsp3) is 0.429. The van der Waals surface area contributed by atoms with Crippen LogP contribution < -0.4 is 4.90 Å². The van der Waals surface area contributed by atoms with E-state index in [-0.39, 0.29) is 5.91 Å². The molecule has 2 aromatic heterocycles. The first kappa shape index (κ1) is 13.9. The number of carbonyl (C=O) groups excluding carboxylic acids is 1. The number of aromatic nitrogens is 3. The van der Waals surface area contributed by atoms with Gasteiger partial charge in [0.15, 0.2) is 0 Å². The lowest BCUT2D eigenvalue weighted by Crippen LogP contribution is -2.49. The van der Waals surface area contributed by atoms with Crippen molar-refractivity contribution in [3.05, 3.63) is 34.0 Å². The summed E-state index contributed by atoms with van der Waals surface area (Å²) in [5.74, 6) is 0.830. The molecule has 21 heavy (non-hydrogen) atoms. The van der Waals surface area contributed by atoms with Crippen molar-refractivity contribution >= 4 is 23.2 Å². The maximum atomic E-state index is 12.3. The van der Waals surface area contributed by atoms with Crippen molar-refractivity contribution in [3.63, 3.8) is 0 Å². The molecule has 3 heterocycles. The van der Waals surface area contributed by atoms with Gasteiger partial charge in [0.2, 0.25) is 5.95 Å². The van der Waals surface area contributed by atoms with Crippen molar-refractivity contribution in [2.75, 3.05) is 31.1 Å². The van der Waals surface area contributed by atoms with Crippen LogP contribution in [0.2, 0.25) is 0 Å². The predicted octanol–water partition coefficient (Wildman–Crippen LogP) is 1.51. The van der Waals surface area contributed by atoms with Gasteiger partial charge in [0.25, 0.3) is 5.91 Å². The number of aryl methyl sites for hydroxylation is 2. The molecule has 1 aliphatic rings. The van der Waals surface area contributed by atoms with Crippen molar-refractivity contribution in [2.45, 2.75) is 13.8 Å². The molecule has 1 amide bonds. The molecule has 1 saturated heterocycles. The lowest BCUT2D eigenvalue weighted by Gasteiger charge is -2.34. The Hall–Kier alpha value is -2.02. The Morgan fingerprint density at radius 1 is 1.14 bits per heavy atom. The van der Waals surface area contributed by atoms with Crippen molar-refractivity contribution < 1.29 is 4.79 Å². The molecule has 0 saturated carbocycles. The number of amides is 1. The predicted molar refractivity (Wildman–Crippen MR) is 81.7 cm³/mol. The number of hydrogen-bond acceptors (Lipinski definition) is 6. The third kappa shape index (κ3) is 3.02. The molecule has 110 valence electrons. The van der Waals surface area contributed by atoms with Gasteiger partial charge in [0.1, 0.15) is 4.88 Å². The van der Waals surface area contributed by atoms with Gasteiger partial charge in [-0.25, -0.2) is 9.97 Å². The normalized spacial score (nSPS) is 15.3. The number of rotatable bonds is 2. The number of hydrogen-bond donors (Lipinski definition) is 0. The first-order chi connectivity index (χ1) is 10.1. The molecule has 7 heteroatoms. The second kappa shape index (κ2) is 5.77. The van der Waals surface area contributed by atoms with Gasteiger partial charge in [0.05, 0.1) is 11.7 Å². The summed E-state index contributed by atoms with van der Waals surface area (Å²) in [7, 11) is 0. The van der Waals surface area contributed by atoms with Gasteiger partial charge < -0.3 is 9.80 Å². The van der Waals surface area contributed by atoms with Crippen LogP contribution in [0.25, 0.3) is 0 Å². The van der Waals surface area contributed by atoms with Crippen LogP contribution in [-0.2, 0) is 0 Å². The Kier molecular flexibility index (Phi) is 3.83. The van der Waals surface area contributed by atoms with Crippen molar-refractivity contribution in [3.8, 4) is 0 Å². The molecule has 0 bridgehead atoms. The molecule has 0 N–H and O–H groups in total. The Morgan fingerprint density at radius 2 is 1.81 bits per heavy atom. The van der Waals surface area contributed by atoms with Crippen LogP contribution in [0, 0.1) is 13.8 Å². The number of piperazine rings is 1. The molecular weight excluding hydrogens is 286 g/mol. The van der Waals surface area contributed by atoms with E-state index in [9.17, 15) is 4.79 Å². The zero-order chi connectivity index (χ0) is 14.8. The minimum Gasteiger partial charge on any atom is -0.337 e. The summed E-state index contributed by atoms with van der Waals surface area (Å²) in [5.41, 5.74) is 3.63. The molecular formula is C14H17N5OS. The fourth-order valence-electron chi connectivity index (χ4n) is 2.44. The molecule has 1 aliphatic heterocycles. The van der Waals surface area contributed by atoms with Crippen LogP contribution in [0.4, 0.5) is 5.95 Å². The summed E-state index contributed by atoms with van der Waals surface area (Å²) >= 11 is 1.39. The summed E-state index contributed by atoms with van der Waals surface area (Å²) in [4.78, 5) is 29.9. The summed E-state index contributed by atoms with van der Waals surface area (Å²) in [5, 5.41) is 0. The molecule has 0 radical (unpaired) electrons. The number of carbonyl (C=O) groups is 1. The second-order valence-electron chi connectivity index (χ2n) is 5.10. The van der Waals surface area contributed by atoms with Crippen LogP contribution in [0.1, 0.15) is 21.1 Å². The quantitative estimate of drug-likeness (QED) is 0.841. The highest BCUT2D eigenvalue weighted by Gasteiger charge is 2.24. The molecule has 0 unspecified atom stereocenters. The molecule has 0 aromatic carbocycles. The minimum atomic E-state index is 0.0680. The lowest BCUT2D eigenvalue weighted by atomic mass is 10.3. The van der Waals surface area contributed by atoms with Gasteiger partial charge >= 0.3 is 0 Å². The van der Waals surface area contributed by atoms with Gasteiger partial charge in [-0.1, -0.05) is 0 Å². The van der Waals surface area contributed by atoms with E-state index < -0.39 is 0 Å². The zero-order valence-electron chi connectivity index (χ0n) is 12.1. The van der Waals surface area contributed by atoms with Crippen molar-refractivity contribution in [1.29, 1.82) is 0 Å². The van der Waals surface area contributed by atoms with Crippen LogP contribution in [-0.4, -0.2) is 51.9 Å². The maximum Gasteiger partial charge on any atom is 0.265 e. The van der Waals surface area contributed by atoms with Crippen LogP contribution >= 0.6 is 11.3 Å². The first-order valence-electron chi connectivity index (χ1n) is 6.88. The largest absolute Gasteiger partial charge is 0.337 e. The van der Waals surface area contributed by atoms with Gasteiger partial charge in [-0.3, -0.25) is 9.78 Å². The van der Waals surface area contributed by atoms with Crippen molar-refractivity contribution in [1.82, 2.24) is 19.9 Å². The molecule has 6 nitrogen and oxygen atoms in total. The monoisotopic (exact) mass is 303 g/mol. The first-order valence-corrected chi connectivity index (χ1v) is 7.76. The van der Waals surface area contributed by atoms with Gasteiger partial charge in [-0.15, -0.1) is 11.3 Å². The molecule has 0 spiro atoms.